The largest absolute Gasteiger partial charge is 0.411 e. The van der Waals surface area contributed by atoms with Gasteiger partial charge in [0.2, 0.25) is 5.91 Å². The summed E-state index contributed by atoms with van der Waals surface area (Å²) in [4.78, 5) is 25.9. The molecule has 0 fully saturated rings. The SMILES string of the molecule is CC(=O)Nc1ccc(-c2nnn(C)c2OC(N)=O)nc1. The highest BCUT2D eigenvalue weighted by Crippen LogP contribution is 2.25. The van der Waals surface area contributed by atoms with Crippen LogP contribution < -0.4 is 15.8 Å². The van der Waals surface area contributed by atoms with Crippen LogP contribution in [0.1, 0.15) is 6.92 Å². The summed E-state index contributed by atoms with van der Waals surface area (Å²) >= 11 is 0. The van der Waals surface area contributed by atoms with E-state index < -0.39 is 6.09 Å². The smallest absolute Gasteiger partial charge is 0.389 e. The number of hydrogen-bond donors (Lipinski definition) is 2. The maximum Gasteiger partial charge on any atom is 0.411 e. The number of aryl methyl sites for hydroxylation is 1. The summed E-state index contributed by atoms with van der Waals surface area (Å²) in [6.45, 7) is 1.40. The van der Waals surface area contributed by atoms with Crippen molar-refractivity contribution in [3.63, 3.8) is 0 Å². The first-order valence-electron chi connectivity index (χ1n) is 5.58. The Labute approximate surface area is 113 Å². The minimum atomic E-state index is -0.966. The molecule has 2 heterocycles. The average Bonchev–Trinajstić information content (AvgIpc) is 2.71. The third-order valence-corrected chi connectivity index (χ3v) is 2.30. The molecule has 0 atom stereocenters. The van der Waals surface area contributed by atoms with Crippen molar-refractivity contribution >= 4 is 17.7 Å². The molecule has 9 nitrogen and oxygen atoms in total. The number of rotatable bonds is 3. The molecule has 2 rings (SSSR count). The highest BCUT2D eigenvalue weighted by Gasteiger charge is 2.17. The van der Waals surface area contributed by atoms with Crippen molar-refractivity contribution in [3.05, 3.63) is 18.3 Å². The van der Waals surface area contributed by atoms with Crippen LogP contribution in [0.5, 0.6) is 5.88 Å². The van der Waals surface area contributed by atoms with Crippen LogP contribution in [-0.4, -0.2) is 32.0 Å². The van der Waals surface area contributed by atoms with Crippen molar-refractivity contribution in [1.29, 1.82) is 0 Å². The zero-order valence-corrected chi connectivity index (χ0v) is 10.8. The van der Waals surface area contributed by atoms with Crippen LogP contribution in [0.4, 0.5) is 10.5 Å². The second-order valence-corrected chi connectivity index (χ2v) is 3.90. The Hall–Kier alpha value is -2.97. The number of nitrogens with two attached hydrogens (primary N) is 1. The Kier molecular flexibility index (Phi) is 3.60. The summed E-state index contributed by atoms with van der Waals surface area (Å²) in [5, 5.41) is 10.2. The molecular formula is C11H12N6O3. The minimum Gasteiger partial charge on any atom is -0.389 e. The number of pyridine rings is 1. The van der Waals surface area contributed by atoms with Crippen LogP contribution in [0.3, 0.4) is 0 Å². The van der Waals surface area contributed by atoms with Crippen LogP contribution in [0, 0.1) is 0 Å². The van der Waals surface area contributed by atoms with Crippen molar-refractivity contribution in [3.8, 4) is 17.3 Å². The topological polar surface area (TPSA) is 125 Å². The quantitative estimate of drug-likeness (QED) is 0.830. The van der Waals surface area contributed by atoms with E-state index in [9.17, 15) is 9.59 Å². The molecule has 0 aromatic carbocycles. The van der Waals surface area contributed by atoms with Crippen LogP contribution in [0.2, 0.25) is 0 Å². The van der Waals surface area contributed by atoms with Gasteiger partial charge in [-0.05, 0) is 12.1 Å². The molecule has 0 bridgehead atoms. The molecule has 0 saturated carbocycles. The summed E-state index contributed by atoms with van der Waals surface area (Å²) in [5.74, 6) is -0.103. The van der Waals surface area contributed by atoms with Crippen LogP contribution in [0.25, 0.3) is 11.4 Å². The fraction of sp³-hybridized carbons (Fsp3) is 0.182. The van der Waals surface area contributed by atoms with Crippen LogP contribution >= 0.6 is 0 Å². The normalized spacial score (nSPS) is 10.1. The van der Waals surface area contributed by atoms with E-state index in [1.165, 1.54) is 17.8 Å². The zero-order valence-electron chi connectivity index (χ0n) is 10.8. The third kappa shape index (κ3) is 2.88. The van der Waals surface area contributed by atoms with E-state index in [2.05, 4.69) is 20.6 Å². The number of nitrogens with zero attached hydrogens (tertiary/aromatic N) is 4. The Morgan fingerprint density at radius 2 is 2.15 bits per heavy atom. The van der Waals surface area contributed by atoms with Crippen LogP contribution in [-0.2, 0) is 11.8 Å². The molecule has 0 spiro atoms. The monoisotopic (exact) mass is 276 g/mol. The van der Waals surface area contributed by atoms with E-state index in [1.54, 1.807) is 19.2 Å². The van der Waals surface area contributed by atoms with E-state index in [1.807, 2.05) is 0 Å². The van der Waals surface area contributed by atoms with E-state index in [0.29, 0.717) is 11.4 Å². The Balaban J connectivity index is 2.32. The first-order chi connectivity index (χ1) is 9.47. The average molecular weight is 276 g/mol. The molecule has 2 aromatic heterocycles. The first-order valence-corrected chi connectivity index (χ1v) is 5.58. The lowest BCUT2D eigenvalue weighted by atomic mass is 10.2. The number of hydrogen-bond acceptors (Lipinski definition) is 6. The fourth-order valence-corrected chi connectivity index (χ4v) is 1.53. The molecule has 0 aliphatic carbocycles. The molecule has 3 N–H and O–H groups in total. The van der Waals surface area contributed by atoms with Crippen LogP contribution in [0.15, 0.2) is 18.3 Å². The number of aromatic nitrogens is 4. The molecule has 9 heteroatoms. The van der Waals surface area contributed by atoms with Gasteiger partial charge in [-0.3, -0.25) is 9.78 Å². The van der Waals surface area contributed by atoms with Gasteiger partial charge in [0.1, 0.15) is 0 Å². The number of amides is 2. The molecule has 0 aliphatic rings. The fourth-order valence-electron chi connectivity index (χ4n) is 1.53. The lowest BCUT2D eigenvalue weighted by Gasteiger charge is -2.04. The highest BCUT2D eigenvalue weighted by atomic mass is 16.6. The number of nitrogens with one attached hydrogen (secondary N) is 1. The second kappa shape index (κ2) is 5.34. The summed E-state index contributed by atoms with van der Waals surface area (Å²) in [7, 11) is 1.56. The first kappa shape index (κ1) is 13.5. The summed E-state index contributed by atoms with van der Waals surface area (Å²) < 4.78 is 6.10. The highest BCUT2D eigenvalue weighted by molar-refractivity contribution is 5.88. The Morgan fingerprint density at radius 1 is 1.40 bits per heavy atom. The number of carbonyl (C=O) groups excluding carboxylic acids is 2. The molecule has 2 aromatic rings. The van der Waals surface area contributed by atoms with E-state index in [-0.39, 0.29) is 17.5 Å². The standard InChI is InChI=1S/C11H12N6O3/c1-6(18)14-7-3-4-8(13-5-7)9-10(20-11(12)19)17(2)16-15-9/h3-5H,1-2H3,(H2,12,19)(H,14,18). The lowest BCUT2D eigenvalue weighted by molar-refractivity contribution is -0.114. The van der Waals surface area contributed by atoms with Gasteiger partial charge >= 0.3 is 6.09 Å². The van der Waals surface area contributed by atoms with E-state index in [4.69, 9.17) is 10.5 Å². The molecule has 0 aliphatic heterocycles. The number of anilines is 1. The molecule has 0 radical (unpaired) electrons. The summed E-state index contributed by atoms with van der Waals surface area (Å²) in [6.07, 6.45) is 0.492. The summed E-state index contributed by atoms with van der Waals surface area (Å²) in [6, 6.07) is 3.26. The van der Waals surface area contributed by atoms with Gasteiger partial charge in [-0.15, -0.1) is 5.10 Å². The zero-order chi connectivity index (χ0) is 14.7. The molecule has 0 unspecified atom stereocenters. The van der Waals surface area contributed by atoms with Gasteiger partial charge in [-0.2, -0.15) is 0 Å². The van der Waals surface area contributed by atoms with Crippen molar-refractivity contribution in [2.24, 2.45) is 12.8 Å². The van der Waals surface area contributed by atoms with Crippen molar-refractivity contribution < 1.29 is 14.3 Å². The lowest BCUT2D eigenvalue weighted by Crippen LogP contribution is -2.18. The molecule has 20 heavy (non-hydrogen) atoms. The van der Waals surface area contributed by atoms with Gasteiger partial charge in [-0.25, -0.2) is 9.48 Å². The van der Waals surface area contributed by atoms with Gasteiger partial charge < -0.3 is 15.8 Å². The molecule has 0 saturated heterocycles. The number of ether oxygens (including phenoxy) is 1. The van der Waals surface area contributed by atoms with Crippen molar-refractivity contribution in [1.82, 2.24) is 20.0 Å². The maximum absolute atomic E-state index is 10.9. The predicted octanol–water partition coefficient (Wildman–Crippen LogP) is 0.293. The van der Waals surface area contributed by atoms with E-state index >= 15 is 0 Å². The van der Waals surface area contributed by atoms with Gasteiger partial charge in [0.25, 0.3) is 5.88 Å². The maximum atomic E-state index is 10.9. The van der Waals surface area contributed by atoms with Crippen molar-refractivity contribution in [2.75, 3.05) is 5.32 Å². The predicted molar refractivity (Wildman–Crippen MR) is 68.7 cm³/mol. The second-order valence-electron chi connectivity index (χ2n) is 3.90. The number of primary amides is 1. The third-order valence-electron chi connectivity index (χ3n) is 2.30. The van der Waals surface area contributed by atoms with Gasteiger partial charge in [-0.1, -0.05) is 5.21 Å². The van der Waals surface area contributed by atoms with Gasteiger partial charge in [0.15, 0.2) is 5.69 Å². The Bertz CT molecular complexity index is 649. The number of carbonyl (C=O) groups is 2. The van der Waals surface area contributed by atoms with Crippen molar-refractivity contribution in [2.45, 2.75) is 6.92 Å². The van der Waals surface area contributed by atoms with Gasteiger partial charge in [0.05, 0.1) is 17.6 Å². The molecular weight excluding hydrogens is 264 g/mol. The minimum absolute atomic E-state index is 0.0947. The molecule has 2 amide bonds. The molecule has 104 valence electrons. The van der Waals surface area contributed by atoms with Gasteiger partial charge in [0, 0.05) is 14.0 Å². The summed E-state index contributed by atoms with van der Waals surface area (Å²) in [5.41, 5.74) is 6.24. The Morgan fingerprint density at radius 3 is 2.70 bits per heavy atom. The van der Waals surface area contributed by atoms with E-state index in [0.717, 1.165) is 0 Å².